The van der Waals surface area contributed by atoms with E-state index in [2.05, 4.69) is 41.7 Å². The Hall–Kier alpha value is -0.900. The van der Waals surface area contributed by atoms with Crippen molar-refractivity contribution in [1.82, 2.24) is 20.5 Å². The van der Waals surface area contributed by atoms with Crippen molar-refractivity contribution in [2.75, 3.05) is 26.2 Å². The van der Waals surface area contributed by atoms with Crippen LogP contribution in [0.4, 0.5) is 0 Å². The number of nitrogens with zero attached hydrogens (tertiary/aromatic N) is 3. The first-order chi connectivity index (χ1) is 14.1. The minimum atomic E-state index is 0. The molecule has 2 aliphatic rings. The van der Waals surface area contributed by atoms with E-state index in [9.17, 15) is 4.79 Å². The van der Waals surface area contributed by atoms with E-state index in [0.717, 1.165) is 57.0 Å². The average Bonchev–Trinajstić information content (AvgIpc) is 3.38. The number of carbonyl (C=O) groups excluding carboxylic acids is 1. The standard InChI is InChI=1S/C22H37N5OS.HI/c1-4-23-22(24-12-10-19-15-29-20(25-19)16(2)3)26-18-11-13-27(14-18)21(28)17-8-6-5-7-9-17;/h15-18H,4-14H2,1-3H3,(H2,23,24,26);1H. The maximum absolute atomic E-state index is 12.8. The van der Waals surface area contributed by atoms with Gasteiger partial charge in [-0.05, 0) is 26.2 Å². The highest BCUT2D eigenvalue weighted by Crippen LogP contribution is 2.26. The van der Waals surface area contributed by atoms with E-state index < -0.39 is 0 Å². The third-order valence-corrected chi connectivity index (χ3v) is 7.03. The quantitative estimate of drug-likeness (QED) is 0.306. The van der Waals surface area contributed by atoms with E-state index in [1.54, 1.807) is 11.3 Å². The molecule has 1 aliphatic carbocycles. The van der Waals surface area contributed by atoms with Crippen LogP contribution in [0.1, 0.15) is 75.9 Å². The van der Waals surface area contributed by atoms with E-state index in [0.29, 0.717) is 18.4 Å². The van der Waals surface area contributed by atoms with Gasteiger partial charge in [0.25, 0.3) is 0 Å². The van der Waals surface area contributed by atoms with Gasteiger partial charge in [-0.2, -0.15) is 0 Å². The molecule has 1 atom stereocenters. The van der Waals surface area contributed by atoms with Gasteiger partial charge in [0, 0.05) is 55.9 Å². The summed E-state index contributed by atoms with van der Waals surface area (Å²) in [5, 5.41) is 10.2. The van der Waals surface area contributed by atoms with Crippen LogP contribution < -0.4 is 10.6 Å². The SMILES string of the molecule is CCNC(=NCCc1csc(C(C)C)n1)NC1CCN(C(=O)C2CCCCC2)C1.I. The molecule has 1 amide bonds. The zero-order chi connectivity index (χ0) is 20.6. The summed E-state index contributed by atoms with van der Waals surface area (Å²) in [6.45, 7) is 9.65. The van der Waals surface area contributed by atoms with Crippen LogP contribution in [0.5, 0.6) is 0 Å². The van der Waals surface area contributed by atoms with Gasteiger partial charge in [0.2, 0.25) is 5.91 Å². The van der Waals surface area contributed by atoms with Gasteiger partial charge in [-0.15, -0.1) is 35.3 Å². The van der Waals surface area contributed by atoms with Gasteiger partial charge in [0.05, 0.1) is 10.7 Å². The lowest BCUT2D eigenvalue weighted by Crippen LogP contribution is -2.45. The van der Waals surface area contributed by atoms with Gasteiger partial charge in [-0.25, -0.2) is 4.98 Å². The topological polar surface area (TPSA) is 69.6 Å². The fourth-order valence-electron chi connectivity index (χ4n) is 4.18. The number of halogens is 1. The van der Waals surface area contributed by atoms with Crippen LogP contribution >= 0.6 is 35.3 Å². The van der Waals surface area contributed by atoms with Crippen molar-refractivity contribution < 1.29 is 4.79 Å². The summed E-state index contributed by atoms with van der Waals surface area (Å²) in [4.78, 5) is 24.3. The molecular weight excluding hydrogens is 509 g/mol. The molecule has 2 N–H and O–H groups in total. The molecule has 0 aromatic carbocycles. The Morgan fingerprint density at radius 3 is 2.73 bits per heavy atom. The zero-order valence-corrected chi connectivity index (χ0v) is 21.8. The summed E-state index contributed by atoms with van der Waals surface area (Å²) >= 11 is 1.74. The molecule has 8 heteroatoms. The van der Waals surface area contributed by atoms with Crippen molar-refractivity contribution in [3.63, 3.8) is 0 Å². The highest BCUT2D eigenvalue weighted by atomic mass is 127. The first-order valence-electron chi connectivity index (χ1n) is 11.3. The van der Waals surface area contributed by atoms with Crippen molar-refractivity contribution in [3.05, 3.63) is 16.1 Å². The Balaban J connectivity index is 0.00000320. The second kappa shape index (κ2) is 12.8. The largest absolute Gasteiger partial charge is 0.357 e. The molecule has 0 spiro atoms. The van der Waals surface area contributed by atoms with E-state index in [-0.39, 0.29) is 35.9 Å². The van der Waals surface area contributed by atoms with Crippen molar-refractivity contribution in [2.24, 2.45) is 10.9 Å². The molecule has 2 fully saturated rings. The number of carbonyl (C=O) groups is 1. The van der Waals surface area contributed by atoms with Crippen molar-refractivity contribution in [2.45, 2.75) is 77.7 Å². The third-order valence-electron chi connectivity index (χ3n) is 5.84. The van der Waals surface area contributed by atoms with Gasteiger partial charge in [0.15, 0.2) is 5.96 Å². The number of aliphatic imine (C=N–C) groups is 1. The smallest absolute Gasteiger partial charge is 0.225 e. The van der Waals surface area contributed by atoms with Gasteiger partial charge in [-0.1, -0.05) is 33.1 Å². The number of thiazole rings is 1. The molecule has 1 saturated carbocycles. The van der Waals surface area contributed by atoms with Crippen molar-refractivity contribution in [1.29, 1.82) is 0 Å². The third kappa shape index (κ3) is 7.35. The number of hydrogen-bond donors (Lipinski definition) is 2. The Bertz CT molecular complexity index is 687. The Morgan fingerprint density at radius 1 is 1.30 bits per heavy atom. The van der Waals surface area contributed by atoms with Gasteiger partial charge < -0.3 is 15.5 Å². The number of amides is 1. The fraction of sp³-hybridized carbons (Fsp3) is 0.773. The van der Waals surface area contributed by atoms with Crippen LogP contribution in [-0.4, -0.2) is 54.0 Å². The highest BCUT2D eigenvalue weighted by Gasteiger charge is 2.31. The molecule has 170 valence electrons. The number of aromatic nitrogens is 1. The fourth-order valence-corrected chi connectivity index (χ4v) is 5.05. The minimum absolute atomic E-state index is 0. The van der Waals surface area contributed by atoms with Crippen LogP contribution in [0, 0.1) is 5.92 Å². The van der Waals surface area contributed by atoms with Gasteiger partial charge in [-0.3, -0.25) is 9.79 Å². The summed E-state index contributed by atoms with van der Waals surface area (Å²) in [6.07, 6.45) is 7.71. The molecule has 1 saturated heterocycles. The monoisotopic (exact) mass is 547 g/mol. The van der Waals surface area contributed by atoms with Gasteiger partial charge >= 0.3 is 0 Å². The predicted molar refractivity (Wildman–Crippen MR) is 136 cm³/mol. The number of likely N-dealkylation sites (tertiary alicyclic amines) is 1. The Labute approximate surface area is 202 Å². The first kappa shape index (κ1) is 25.4. The molecule has 1 aliphatic heterocycles. The number of hydrogen-bond acceptors (Lipinski definition) is 4. The van der Waals surface area contributed by atoms with E-state index in [4.69, 9.17) is 9.98 Å². The van der Waals surface area contributed by atoms with Crippen LogP contribution in [0.25, 0.3) is 0 Å². The molecule has 0 radical (unpaired) electrons. The van der Waals surface area contributed by atoms with E-state index >= 15 is 0 Å². The minimum Gasteiger partial charge on any atom is -0.357 e. The van der Waals surface area contributed by atoms with Crippen LogP contribution in [0.2, 0.25) is 0 Å². The number of nitrogens with one attached hydrogen (secondary N) is 2. The summed E-state index contributed by atoms with van der Waals surface area (Å²) in [7, 11) is 0. The molecule has 1 aromatic heterocycles. The molecule has 0 bridgehead atoms. The van der Waals surface area contributed by atoms with E-state index in [1.165, 1.54) is 24.3 Å². The molecule has 6 nitrogen and oxygen atoms in total. The molecule has 30 heavy (non-hydrogen) atoms. The second-order valence-corrected chi connectivity index (χ2v) is 9.48. The van der Waals surface area contributed by atoms with E-state index in [1.807, 2.05) is 0 Å². The number of guanidine groups is 1. The number of rotatable bonds is 7. The van der Waals surface area contributed by atoms with Crippen molar-refractivity contribution >= 4 is 47.2 Å². The predicted octanol–water partition coefficient (Wildman–Crippen LogP) is 4.16. The maximum Gasteiger partial charge on any atom is 0.225 e. The lowest BCUT2D eigenvalue weighted by Gasteiger charge is -2.26. The first-order valence-corrected chi connectivity index (χ1v) is 12.2. The molecule has 3 rings (SSSR count). The average molecular weight is 548 g/mol. The van der Waals surface area contributed by atoms with Crippen molar-refractivity contribution in [3.8, 4) is 0 Å². The second-order valence-electron chi connectivity index (χ2n) is 8.59. The summed E-state index contributed by atoms with van der Waals surface area (Å²) < 4.78 is 0. The lowest BCUT2D eigenvalue weighted by molar-refractivity contribution is -0.135. The Morgan fingerprint density at radius 2 is 2.07 bits per heavy atom. The molecule has 2 heterocycles. The van der Waals surface area contributed by atoms with Gasteiger partial charge in [0.1, 0.15) is 0 Å². The summed E-state index contributed by atoms with van der Waals surface area (Å²) in [6, 6.07) is 0.284. The summed E-state index contributed by atoms with van der Waals surface area (Å²) in [5.41, 5.74) is 1.13. The maximum atomic E-state index is 12.8. The summed E-state index contributed by atoms with van der Waals surface area (Å²) in [5.74, 6) is 1.97. The molecular formula is C22H38IN5OS. The normalized spacial score (nSPS) is 20.3. The lowest BCUT2D eigenvalue weighted by atomic mass is 9.88. The highest BCUT2D eigenvalue weighted by molar-refractivity contribution is 14.0. The molecule has 1 unspecified atom stereocenters. The Kier molecular flexibility index (Phi) is 10.8. The van der Waals surface area contributed by atoms with Crippen LogP contribution in [0.3, 0.4) is 0 Å². The molecule has 1 aromatic rings. The zero-order valence-electron chi connectivity index (χ0n) is 18.7. The van der Waals surface area contributed by atoms with Crippen LogP contribution in [-0.2, 0) is 11.2 Å². The van der Waals surface area contributed by atoms with Crippen LogP contribution in [0.15, 0.2) is 10.4 Å².